The number of hydrogen-bond acceptors (Lipinski definition) is 3. The van der Waals surface area contributed by atoms with Crippen LogP contribution in [-0.4, -0.2) is 44.1 Å². The predicted octanol–water partition coefficient (Wildman–Crippen LogP) is 4.54. The normalized spacial score (nSPS) is 19.7. The molecule has 1 amide bonds. The summed E-state index contributed by atoms with van der Waals surface area (Å²) < 4.78 is 18.8. The zero-order chi connectivity index (χ0) is 22.1. The van der Waals surface area contributed by atoms with Gasteiger partial charge in [0.1, 0.15) is 11.6 Å². The molecule has 2 unspecified atom stereocenters. The Morgan fingerprint density at radius 1 is 1.10 bits per heavy atom. The molecule has 0 saturated carbocycles. The lowest BCUT2D eigenvalue weighted by molar-refractivity contribution is -0.137. The molecule has 1 saturated heterocycles. The van der Waals surface area contributed by atoms with E-state index in [0.29, 0.717) is 5.92 Å². The second kappa shape index (κ2) is 8.89. The molecule has 5 heteroatoms. The molecule has 166 valence electrons. The van der Waals surface area contributed by atoms with Gasteiger partial charge in [0.15, 0.2) is 0 Å². The zero-order valence-corrected chi connectivity index (χ0v) is 19.1. The maximum atomic E-state index is 13.3. The van der Waals surface area contributed by atoms with Gasteiger partial charge in [0.05, 0.1) is 7.11 Å². The van der Waals surface area contributed by atoms with Gasteiger partial charge >= 0.3 is 0 Å². The van der Waals surface area contributed by atoms with Crippen molar-refractivity contribution in [3.05, 3.63) is 58.4 Å². The number of piperazine rings is 1. The van der Waals surface area contributed by atoms with Crippen molar-refractivity contribution in [2.24, 2.45) is 11.8 Å². The Kier molecular flexibility index (Phi) is 6.22. The highest BCUT2D eigenvalue weighted by molar-refractivity contribution is 5.79. The summed E-state index contributed by atoms with van der Waals surface area (Å²) >= 11 is 0. The number of benzene rings is 2. The molecule has 1 fully saturated rings. The number of carbonyl (C=O) groups is 1. The minimum atomic E-state index is -0.219. The molecule has 2 aromatic rings. The largest absolute Gasteiger partial charge is 0.496 e. The lowest BCUT2D eigenvalue weighted by Crippen LogP contribution is -2.51. The number of aryl methyl sites for hydroxylation is 1. The van der Waals surface area contributed by atoms with E-state index in [1.54, 1.807) is 7.11 Å². The van der Waals surface area contributed by atoms with Crippen LogP contribution in [0, 0.1) is 31.5 Å². The molecule has 2 aromatic carbocycles. The molecule has 4 rings (SSSR count). The van der Waals surface area contributed by atoms with Crippen LogP contribution in [0.25, 0.3) is 0 Å². The van der Waals surface area contributed by atoms with Crippen LogP contribution in [0.2, 0.25) is 0 Å². The SMILES string of the molecule is COc1cc(C)c2c(c1C)CC(C(C)C(=O)N1CCN(c3ccc(F)cc3)CC1)CC2. The summed E-state index contributed by atoms with van der Waals surface area (Å²) in [5.74, 6) is 1.37. The van der Waals surface area contributed by atoms with Crippen molar-refractivity contribution in [1.29, 1.82) is 0 Å². The molecule has 0 radical (unpaired) electrons. The Hall–Kier alpha value is -2.56. The van der Waals surface area contributed by atoms with Gasteiger partial charge in [-0.15, -0.1) is 0 Å². The van der Waals surface area contributed by atoms with Gasteiger partial charge in [-0.2, -0.15) is 0 Å². The molecule has 1 aliphatic heterocycles. The molecule has 2 atom stereocenters. The van der Waals surface area contributed by atoms with Crippen LogP contribution in [0.1, 0.15) is 35.6 Å². The average Bonchev–Trinajstić information content (AvgIpc) is 2.80. The Morgan fingerprint density at radius 2 is 1.77 bits per heavy atom. The fourth-order valence-electron chi connectivity index (χ4n) is 5.29. The topological polar surface area (TPSA) is 32.8 Å². The monoisotopic (exact) mass is 424 g/mol. The minimum absolute atomic E-state index is 0.0106. The Bertz CT molecular complexity index is 949. The second-order valence-corrected chi connectivity index (χ2v) is 9.06. The van der Waals surface area contributed by atoms with Crippen molar-refractivity contribution in [3.63, 3.8) is 0 Å². The van der Waals surface area contributed by atoms with E-state index in [4.69, 9.17) is 4.74 Å². The number of halogens is 1. The standard InChI is InChI=1S/C26H33FN2O2/c1-17-15-25(31-4)19(3)24-16-20(5-10-23(17)24)18(2)26(30)29-13-11-28(12-14-29)22-8-6-21(27)7-9-22/h6-9,15,18,20H,5,10-14,16H2,1-4H3. The predicted molar refractivity (Wildman–Crippen MR) is 122 cm³/mol. The maximum absolute atomic E-state index is 13.3. The summed E-state index contributed by atoms with van der Waals surface area (Å²) in [6, 6.07) is 8.76. The Balaban J connectivity index is 1.40. The fraction of sp³-hybridized carbons (Fsp3) is 0.500. The first-order chi connectivity index (χ1) is 14.9. The van der Waals surface area contributed by atoms with Gasteiger partial charge in [0, 0.05) is 37.8 Å². The molecule has 4 nitrogen and oxygen atoms in total. The molecule has 1 aliphatic carbocycles. The number of fused-ring (bicyclic) bond motifs is 1. The van der Waals surface area contributed by atoms with E-state index >= 15 is 0 Å². The first kappa shape index (κ1) is 21.7. The van der Waals surface area contributed by atoms with Gasteiger partial charge in [0.2, 0.25) is 5.91 Å². The number of ether oxygens (including phenoxy) is 1. The van der Waals surface area contributed by atoms with Crippen LogP contribution in [-0.2, 0) is 17.6 Å². The van der Waals surface area contributed by atoms with Gasteiger partial charge < -0.3 is 14.5 Å². The quantitative estimate of drug-likeness (QED) is 0.722. The van der Waals surface area contributed by atoms with Crippen molar-refractivity contribution >= 4 is 11.6 Å². The summed E-state index contributed by atoms with van der Waals surface area (Å²) in [7, 11) is 1.73. The maximum Gasteiger partial charge on any atom is 0.225 e. The summed E-state index contributed by atoms with van der Waals surface area (Å²) in [6.07, 6.45) is 3.04. The van der Waals surface area contributed by atoms with Crippen LogP contribution in [0.5, 0.6) is 5.75 Å². The van der Waals surface area contributed by atoms with E-state index in [0.717, 1.165) is 56.9 Å². The van der Waals surface area contributed by atoms with Crippen LogP contribution in [0.4, 0.5) is 10.1 Å². The van der Waals surface area contributed by atoms with Gasteiger partial charge in [-0.3, -0.25) is 4.79 Å². The summed E-state index contributed by atoms with van der Waals surface area (Å²) in [5, 5.41) is 0. The number of amides is 1. The summed E-state index contributed by atoms with van der Waals surface area (Å²) in [5.41, 5.74) is 6.37. The second-order valence-electron chi connectivity index (χ2n) is 9.06. The highest BCUT2D eigenvalue weighted by Crippen LogP contribution is 2.38. The van der Waals surface area contributed by atoms with E-state index in [9.17, 15) is 9.18 Å². The number of rotatable bonds is 4. The third kappa shape index (κ3) is 4.28. The highest BCUT2D eigenvalue weighted by Gasteiger charge is 2.33. The molecule has 2 aliphatic rings. The lowest BCUT2D eigenvalue weighted by Gasteiger charge is -2.39. The highest BCUT2D eigenvalue weighted by atomic mass is 19.1. The fourth-order valence-corrected chi connectivity index (χ4v) is 5.29. The lowest BCUT2D eigenvalue weighted by atomic mass is 9.74. The van der Waals surface area contributed by atoms with Gasteiger partial charge in [-0.25, -0.2) is 4.39 Å². The minimum Gasteiger partial charge on any atom is -0.496 e. The number of carbonyl (C=O) groups excluding carboxylic acids is 1. The number of anilines is 1. The average molecular weight is 425 g/mol. The van der Waals surface area contributed by atoms with Gasteiger partial charge in [-0.1, -0.05) is 6.92 Å². The summed E-state index contributed by atoms with van der Waals surface area (Å²) in [4.78, 5) is 17.5. The molecular formula is C26H33FN2O2. The summed E-state index contributed by atoms with van der Waals surface area (Å²) in [6.45, 7) is 9.41. The molecule has 0 bridgehead atoms. The molecule has 0 aromatic heterocycles. The van der Waals surface area contributed by atoms with Gasteiger partial charge in [-0.05, 0) is 91.6 Å². The van der Waals surface area contributed by atoms with Crippen LogP contribution >= 0.6 is 0 Å². The number of hydrogen-bond donors (Lipinski definition) is 0. The van der Waals surface area contributed by atoms with Crippen molar-refractivity contribution in [1.82, 2.24) is 4.90 Å². The van der Waals surface area contributed by atoms with Crippen molar-refractivity contribution in [3.8, 4) is 5.75 Å². The molecular weight excluding hydrogens is 391 g/mol. The van der Waals surface area contributed by atoms with Crippen molar-refractivity contribution in [2.75, 3.05) is 38.2 Å². The van der Waals surface area contributed by atoms with E-state index in [1.165, 1.54) is 34.4 Å². The first-order valence-electron chi connectivity index (χ1n) is 11.3. The number of methoxy groups -OCH3 is 1. The van der Waals surface area contributed by atoms with Crippen LogP contribution in [0.15, 0.2) is 30.3 Å². The smallest absolute Gasteiger partial charge is 0.225 e. The van der Waals surface area contributed by atoms with Gasteiger partial charge in [0.25, 0.3) is 0 Å². The third-order valence-electron chi connectivity index (χ3n) is 7.34. The molecule has 1 heterocycles. The van der Waals surface area contributed by atoms with Crippen LogP contribution in [0.3, 0.4) is 0 Å². The van der Waals surface area contributed by atoms with E-state index in [-0.39, 0.29) is 17.6 Å². The first-order valence-corrected chi connectivity index (χ1v) is 11.3. The molecule has 0 spiro atoms. The zero-order valence-electron chi connectivity index (χ0n) is 19.1. The third-order valence-corrected chi connectivity index (χ3v) is 7.34. The van der Waals surface area contributed by atoms with Crippen molar-refractivity contribution < 1.29 is 13.9 Å². The van der Waals surface area contributed by atoms with E-state index < -0.39 is 0 Å². The Morgan fingerprint density at radius 3 is 2.42 bits per heavy atom. The van der Waals surface area contributed by atoms with E-state index in [1.807, 2.05) is 17.0 Å². The van der Waals surface area contributed by atoms with E-state index in [2.05, 4.69) is 31.7 Å². The van der Waals surface area contributed by atoms with Crippen molar-refractivity contribution in [2.45, 2.75) is 40.0 Å². The Labute approximate surface area is 185 Å². The van der Waals surface area contributed by atoms with Crippen LogP contribution < -0.4 is 9.64 Å². The molecule has 0 N–H and O–H groups in total. The molecule has 31 heavy (non-hydrogen) atoms. The number of nitrogens with zero attached hydrogens (tertiary/aromatic N) is 2.